The van der Waals surface area contributed by atoms with E-state index in [0.29, 0.717) is 19.6 Å². The van der Waals surface area contributed by atoms with Crippen molar-refractivity contribution in [3.05, 3.63) is 101 Å². The fourth-order valence-electron chi connectivity index (χ4n) is 4.32. The number of fused-ring (bicyclic) bond motifs is 2. The number of allylic oxidation sites excluding steroid dienone is 7. The molecule has 2 aliphatic carbocycles. The van der Waals surface area contributed by atoms with Crippen LogP contribution in [0, 0.1) is 0 Å². The van der Waals surface area contributed by atoms with Crippen LogP contribution in [0.4, 0.5) is 0 Å². The second-order valence-electron chi connectivity index (χ2n) is 8.18. The number of hydrogen-bond acceptors (Lipinski definition) is 3. The second-order valence-corrected chi connectivity index (χ2v) is 8.18. The number of benzene rings is 2. The number of carbonyl (C=O) groups is 1. The minimum absolute atomic E-state index is 0.342. The molecule has 0 fully saturated rings. The topological polar surface area (TPSA) is 55.8 Å². The Morgan fingerprint density at radius 1 is 1.06 bits per heavy atom. The van der Waals surface area contributed by atoms with Crippen molar-refractivity contribution >= 4 is 17.1 Å². The Morgan fingerprint density at radius 3 is 2.61 bits per heavy atom. The van der Waals surface area contributed by atoms with E-state index < -0.39 is 12.1 Å². The Morgan fingerprint density at radius 2 is 1.85 bits per heavy atom. The zero-order chi connectivity index (χ0) is 23.0. The normalized spacial score (nSPS) is 16.8. The zero-order valence-electron chi connectivity index (χ0n) is 19.0. The third-order valence-electron chi connectivity index (χ3n) is 5.95. The Bertz CT molecular complexity index is 1100. The van der Waals surface area contributed by atoms with Gasteiger partial charge < -0.3 is 14.6 Å². The molecule has 0 saturated carbocycles. The van der Waals surface area contributed by atoms with Gasteiger partial charge >= 0.3 is 5.97 Å². The summed E-state index contributed by atoms with van der Waals surface area (Å²) in [4.78, 5) is 11.3. The highest BCUT2D eigenvalue weighted by atomic mass is 16.5. The maximum Gasteiger partial charge on any atom is 0.333 e. The average Bonchev–Trinajstić information content (AvgIpc) is 3.00. The number of ether oxygens (including phenoxy) is 2. The molecule has 1 atom stereocenters. The lowest BCUT2D eigenvalue weighted by molar-refractivity contribution is -0.149. The van der Waals surface area contributed by atoms with Gasteiger partial charge in [-0.3, -0.25) is 0 Å². The molecule has 1 N–H and O–H groups in total. The van der Waals surface area contributed by atoms with Crippen LogP contribution in [0.15, 0.2) is 84.5 Å². The molecular weight excluding hydrogens is 412 g/mol. The van der Waals surface area contributed by atoms with Crippen molar-refractivity contribution in [2.75, 3.05) is 13.2 Å². The van der Waals surface area contributed by atoms with Crippen LogP contribution in [0.25, 0.3) is 11.1 Å². The Labute approximate surface area is 195 Å². The van der Waals surface area contributed by atoms with Gasteiger partial charge in [-0.05, 0) is 65.3 Å². The highest BCUT2D eigenvalue weighted by Gasteiger charge is 2.18. The van der Waals surface area contributed by atoms with E-state index in [9.17, 15) is 9.90 Å². The van der Waals surface area contributed by atoms with Crippen molar-refractivity contribution < 1.29 is 19.4 Å². The fraction of sp³-hybridized carbons (Fsp3) is 0.276. The molecule has 4 rings (SSSR count). The second kappa shape index (κ2) is 11.0. The predicted molar refractivity (Wildman–Crippen MR) is 132 cm³/mol. The van der Waals surface area contributed by atoms with Crippen LogP contribution in [0.3, 0.4) is 0 Å². The van der Waals surface area contributed by atoms with Gasteiger partial charge in [-0.1, -0.05) is 66.8 Å². The average molecular weight is 443 g/mol. The van der Waals surface area contributed by atoms with Crippen LogP contribution < -0.4 is 4.74 Å². The van der Waals surface area contributed by atoms with E-state index in [1.807, 2.05) is 24.3 Å². The lowest BCUT2D eigenvalue weighted by Gasteiger charge is -2.15. The molecule has 170 valence electrons. The quantitative estimate of drug-likeness (QED) is 0.467. The molecule has 0 aliphatic heterocycles. The summed E-state index contributed by atoms with van der Waals surface area (Å²) in [5, 5.41) is 9.24. The van der Waals surface area contributed by atoms with E-state index in [4.69, 9.17) is 9.47 Å². The van der Waals surface area contributed by atoms with Crippen molar-refractivity contribution in [3.63, 3.8) is 0 Å². The number of carboxylic acid groups (broad SMARTS) is 1. The zero-order valence-corrected chi connectivity index (χ0v) is 19.0. The molecule has 0 aromatic heterocycles. The third-order valence-corrected chi connectivity index (χ3v) is 5.95. The molecule has 2 aliphatic rings. The first kappa shape index (κ1) is 22.8. The largest absolute Gasteiger partial charge is 0.493 e. The van der Waals surface area contributed by atoms with Crippen LogP contribution in [-0.2, 0) is 16.0 Å². The van der Waals surface area contributed by atoms with E-state index in [1.165, 1.54) is 27.8 Å². The van der Waals surface area contributed by atoms with Gasteiger partial charge in [-0.25, -0.2) is 4.79 Å². The summed E-state index contributed by atoms with van der Waals surface area (Å²) in [6.07, 6.45) is 13.6. The highest BCUT2D eigenvalue weighted by Crippen LogP contribution is 2.37. The molecule has 4 nitrogen and oxygen atoms in total. The summed E-state index contributed by atoms with van der Waals surface area (Å²) in [5.41, 5.74) is 7.48. The Balaban J connectivity index is 1.37. The lowest BCUT2D eigenvalue weighted by Crippen LogP contribution is -2.26. The summed E-state index contributed by atoms with van der Waals surface area (Å²) in [6, 6.07) is 16.2. The molecule has 0 amide bonds. The van der Waals surface area contributed by atoms with E-state index in [1.54, 1.807) is 6.92 Å². The van der Waals surface area contributed by atoms with Gasteiger partial charge in [0.1, 0.15) is 5.75 Å². The maximum absolute atomic E-state index is 11.3. The maximum atomic E-state index is 11.3. The number of aliphatic carboxylic acids is 1. The van der Waals surface area contributed by atoms with Gasteiger partial charge in [0.05, 0.1) is 6.61 Å². The van der Waals surface area contributed by atoms with Crippen molar-refractivity contribution in [1.29, 1.82) is 0 Å². The van der Waals surface area contributed by atoms with Crippen LogP contribution in [0.1, 0.15) is 42.9 Å². The molecule has 0 saturated heterocycles. The van der Waals surface area contributed by atoms with E-state index in [-0.39, 0.29) is 0 Å². The number of rotatable bonds is 9. The van der Waals surface area contributed by atoms with Crippen molar-refractivity contribution in [2.45, 2.75) is 38.7 Å². The summed E-state index contributed by atoms with van der Waals surface area (Å²) in [6.45, 7) is 2.75. The molecule has 2 aromatic carbocycles. The molecule has 2 aromatic rings. The van der Waals surface area contributed by atoms with Crippen molar-refractivity contribution in [2.24, 2.45) is 0 Å². The summed E-state index contributed by atoms with van der Waals surface area (Å²) < 4.78 is 11.2. The van der Waals surface area contributed by atoms with Gasteiger partial charge in [0.15, 0.2) is 6.10 Å². The van der Waals surface area contributed by atoms with Gasteiger partial charge in [0.2, 0.25) is 0 Å². The lowest BCUT2D eigenvalue weighted by atomic mass is 9.89. The van der Waals surface area contributed by atoms with E-state index in [0.717, 1.165) is 30.6 Å². The smallest absolute Gasteiger partial charge is 0.333 e. The van der Waals surface area contributed by atoms with Crippen LogP contribution >= 0.6 is 0 Å². The van der Waals surface area contributed by atoms with Gasteiger partial charge in [0, 0.05) is 19.4 Å². The standard InChI is InChI=1S/C29H30O4/c1-2-32-28(29(30)31)20-21-13-17-24(18-14-21)33-19-7-9-23-16-15-22-8-3-4-10-25(22)27-12-6-5-11-26(23)27/h3,5-6,8-9,11-18,28H,2,4,7,10,19-20H2,1H3,(H,30,31). The van der Waals surface area contributed by atoms with Crippen LogP contribution in [0.5, 0.6) is 5.75 Å². The molecule has 0 radical (unpaired) electrons. The molecule has 1 unspecified atom stereocenters. The fourth-order valence-corrected chi connectivity index (χ4v) is 4.32. The number of carboxylic acids is 1. The summed E-state index contributed by atoms with van der Waals surface area (Å²) in [7, 11) is 0. The van der Waals surface area contributed by atoms with Crippen molar-refractivity contribution in [1.82, 2.24) is 0 Å². The Hall–Kier alpha value is -3.37. The SMILES string of the molecule is CCOC(Cc1ccc(OCCC=C2C=CC3=C(CCC=C3)c3ccccc32)cc1)C(=O)O. The minimum Gasteiger partial charge on any atom is -0.493 e. The molecule has 0 heterocycles. The van der Waals surface area contributed by atoms with E-state index >= 15 is 0 Å². The molecule has 0 spiro atoms. The molecule has 33 heavy (non-hydrogen) atoms. The monoisotopic (exact) mass is 442 g/mol. The molecular formula is C29H30O4. The first-order valence-electron chi connectivity index (χ1n) is 11.6. The predicted octanol–water partition coefficient (Wildman–Crippen LogP) is 6.24. The van der Waals surface area contributed by atoms with Gasteiger partial charge in [-0.2, -0.15) is 0 Å². The molecule has 4 heteroatoms. The van der Waals surface area contributed by atoms with Crippen LogP contribution in [0.2, 0.25) is 0 Å². The van der Waals surface area contributed by atoms with Gasteiger partial charge in [-0.15, -0.1) is 0 Å². The Kier molecular flexibility index (Phi) is 7.59. The van der Waals surface area contributed by atoms with Gasteiger partial charge in [0.25, 0.3) is 0 Å². The third kappa shape index (κ3) is 5.71. The van der Waals surface area contributed by atoms with E-state index in [2.05, 4.69) is 54.6 Å². The van der Waals surface area contributed by atoms with Crippen LogP contribution in [-0.4, -0.2) is 30.4 Å². The van der Waals surface area contributed by atoms with Crippen molar-refractivity contribution in [3.8, 4) is 5.75 Å². The molecule has 0 bridgehead atoms. The first-order valence-corrected chi connectivity index (χ1v) is 11.6. The number of hydrogen-bond donors (Lipinski definition) is 1. The first-order chi connectivity index (χ1) is 16.2. The highest BCUT2D eigenvalue weighted by molar-refractivity contribution is 5.89. The minimum atomic E-state index is -0.938. The summed E-state index contributed by atoms with van der Waals surface area (Å²) >= 11 is 0. The summed E-state index contributed by atoms with van der Waals surface area (Å²) in [5.74, 6) is -0.161.